The highest BCUT2D eigenvalue weighted by Gasteiger charge is 2.20. The minimum Gasteiger partial charge on any atom is -0.369 e. The van der Waals surface area contributed by atoms with E-state index in [0.29, 0.717) is 56.0 Å². The lowest BCUT2D eigenvalue weighted by molar-refractivity contribution is -0.135. The molecule has 1 aromatic carbocycles. The summed E-state index contributed by atoms with van der Waals surface area (Å²) in [4.78, 5) is 36.6. The molecule has 1 heterocycles. The summed E-state index contributed by atoms with van der Waals surface area (Å²) in [7, 11) is 5.41. The van der Waals surface area contributed by atoms with Gasteiger partial charge in [0.15, 0.2) is 0 Å². The number of nitrogens with zero attached hydrogens (tertiary/aromatic N) is 4. The van der Waals surface area contributed by atoms with Crippen LogP contribution in [0.15, 0.2) is 42.6 Å². The summed E-state index contributed by atoms with van der Waals surface area (Å²) in [5.74, 6) is 5.89. The molecule has 0 fully saturated rings. The molecule has 3 N–H and O–H groups in total. The van der Waals surface area contributed by atoms with Gasteiger partial charge in [-0.3, -0.25) is 14.0 Å². The number of halogens is 2. The van der Waals surface area contributed by atoms with Crippen molar-refractivity contribution in [2.45, 2.75) is 32.2 Å². The highest BCUT2D eigenvalue weighted by Crippen LogP contribution is 2.18. The molecule has 210 valence electrons. The van der Waals surface area contributed by atoms with Gasteiger partial charge in [0, 0.05) is 44.9 Å². The van der Waals surface area contributed by atoms with Crippen LogP contribution in [0.25, 0.3) is 0 Å². The second-order valence-corrected chi connectivity index (χ2v) is 9.05. The number of aromatic nitrogens is 2. The number of hydrogen-bond acceptors (Lipinski definition) is 7. The Hall–Kier alpha value is -4.04. The molecular weight excluding hydrogens is 504 g/mol. The van der Waals surface area contributed by atoms with Crippen LogP contribution in [0.2, 0.25) is 0 Å². The van der Waals surface area contributed by atoms with E-state index in [2.05, 4.69) is 37.8 Å². The molecule has 2 aromatic rings. The van der Waals surface area contributed by atoms with Crippen molar-refractivity contribution in [3.63, 3.8) is 0 Å². The topological polar surface area (TPSA) is 102 Å². The summed E-state index contributed by atoms with van der Waals surface area (Å²) in [5.41, 5.74) is 1.04. The average molecular weight is 542 g/mol. The van der Waals surface area contributed by atoms with Crippen molar-refractivity contribution in [2.75, 3.05) is 58.1 Å². The van der Waals surface area contributed by atoms with Gasteiger partial charge < -0.3 is 25.8 Å². The van der Waals surface area contributed by atoms with Gasteiger partial charge in [-0.15, -0.1) is 0 Å². The van der Waals surface area contributed by atoms with Crippen LogP contribution in [0.3, 0.4) is 0 Å². The van der Waals surface area contributed by atoms with Crippen LogP contribution in [0.1, 0.15) is 31.7 Å². The van der Waals surface area contributed by atoms with E-state index < -0.39 is 12.7 Å². The third-order valence-electron chi connectivity index (χ3n) is 5.51. The van der Waals surface area contributed by atoms with Gasteiger partial charge in [0.2, 0.25) is 17.8 Å². The van der Waals surface area contributed by atoms with Crippen molar-refractivity contribution >= 4 is 29.3 Å². The Balaban J connectivity index is 1.89. The molecule has 0 saturated heterocycles. The highest BCUT2D eigenvalue weighted by atomic mass is 19.1. The van der Waals surface area contributed by atoms with Crippen molar-refractivity contribution in [1.29, 1.82) is 0 Å². The summed E-state index contributed by atoms with van der Waals surface area (Å²) in [5, 5.41) is 8.84. The predicted octanol–water partition coefficient (Wildman–Crippen LogP) is 3.34. The molecule has 0 spiro atoms. The third kappa shape index (κ3) is 11.5. The number of anilines is 3. The molecule has 0 aliphatic carbocycles. The van der Waals surface area contributed by atoms with Gasteiger partial charge in [-0.05, 0) is 52.1 Å². The third-order valence-corrected chi connectivity index (χ3v) is 5.51. The van der Waals surface area contributed by atoms with Crippen LogP contribution in [0.4, 0.5) is 26.2 Å². The molecule has 2 amide bonds. The number of benzene rings is 1. The van der Waals surface area contributed by atoms with Crippen LogP contribution < -0.4 is 16.0 Å². The molecule has 11 heteroatoms. The molecule has 9 nitrogen and oxygen atoms in total. The zero-order chi connectivity index (χ0) is 28.6. The predicted molar refractivity (Wildman–Crippen MR) is 150 cm³/mol. The number of carbonyl (C=O) groups excluding carboxylic acids is 2. The fourth-order valence-corrected chi connectivity index (χ4v) is 3.18. The van der Waals surface area contributed by atoms with Crippen LogP contribution in [-0.2, 0) is 9.59 Å². The Labute approximate surface area is 229 Å². The van der Waals surface area contributed by atoms with Crippen LogP contribution >= 0.6 is 0 Å². The van der Waals surface area contributed by atoms with Gasteiger partial charge in [-0.25, -0.2) is 9.37 Å². The number of likely N-dealkylation sites (N-methyl/N-ethyl adjacent to an activating group) is 2. The van der Waals surface area contributed by atoms with E-state index in [1.807, 2.05) is 19.0 Å². The molecule has 2 rings (SSSR count). The van der Waals surface area contributed by atoms with Crippen molar-refractivity contribution < 1.29 is 18.4 Å². The lowest BCUT2D eigenvalue weighted by Gasteiger charge is -2.23. The highest BCUT2D eigenvalue weighted by molar-refractivity contribution is 5.92. The second kappa shape index (κ2) is 16.7. The van der Waals surface area contributed by atoms with Crippen LogP contribution in [0.5, 0.6) is 0 Å². The standard InChI is InChI=1S/C28H37F2N7O2/c1-21(37(4)25(38)14-9-18-36(2)3)27(39)32-16-7-5-6-11-22-20-33-28(35-26(22)31-17-10-15-29)34-24-13-8-12-23(30)19-24/h8-9,12-14,19-21H,5,7,10,15-18H2,1-4H3,(H,32,39)(H2,31,33,34,35)/t21-/m0/s1. The normalized spacial score (nSPS) is 11.6. The summed E-state index contributed by atoms with van der Waals surface area (Å²) in [6.45, 7) is 2.63. The van der Waals surface area contributed by atoms with Gasteiger partial charge in [0.05, 0.1) is 18.4 Å². The Morgan fingerprint density at radius 1 is 1.18 bits per heavy atom. The summed E-state index contributed by atoms with van der Waals surface area (Å²) >= 11 is 0. The molecule has 1 aromatic heterocycles. The zero-order valence-corrected chi connectivity index (χ0v) is 22.9. The Bertz CT molecular complexity index is 1180. The van der Waals surface area contributed by atoms with E-state index in [9.17, 15) is 18.4 Å². The maximum Gasteiger partial charge on any atom is 0.246 e. The average Bonchev–Trinajstić information content (AvgIpc) is 2.90. The number of hydrogen-bond donors (Lipinski definition) is 3. The summed E-state index contributed by atoms with van der Waals surface area (Å²) in [6.07, 6.45) is 6.19. The molecule has 0 unspecified atom stereocenters. The monoisotopic (exact) mass is 541 g/mol. The Morgan fingerprint density at radius 3 is 2.69 bits per heavy atom. The molecule has 0 bridgehead atoms. The van der Waals surface area contributed by atoms with E-state index in [4.69, 9.17) is 0 Å². The minimum atomic E-state index is -0.609. The van der Waals surface area contributed by atoms with Crippen molar-refractivity contribution in [1.82, 2.24) is 25.1 Å². The van der Waals surface area contributed by atoms with E-state index in [1.54, 1.807) is 38.4 Å². The first-order chi connectivity index (χ1) is 18.7. The molecular formula is C28H37F2N7O2. The fraction of sp³-hybridized carbons (Fsp3) is 0.429. The maximum absolute atomic E-state index is 13.5. The number of nitrogens with one attached hydrogen (secondary N) is 3. The van der Waals surface area contributed by atoms with Crippen LogP contribution in [0, 0.1) is 17.7 Å². The maximum atomic E-state index is 13.5. The minimum absolute atomic E-state index is 0.235. The molecule has 0 saturated carbocycles. The van der Waals surface area contributed by atoms with Gasteiger partial charge in [0.25, 0.3) is 0 Å². The van der Waals surface area contributed by atoms with Crippen molar-refractivity contribution in [2.24, 2.45) is 0 Å². The fourth-order valence-electron chi connectivity index (χ4n) is 3.18. The van der Waals surface area contributed by atoms with Gasteiger partial charge >= 0.3 is 0 Å². The first kappa shape index (κ1) is 31.2. The van der Waals surface area contributed by atoms with E-state index in [0.717, 1.165) is 0 Å². The van der Waals surface area contributed by atoms with Gasteiger partial charge in [-0.1, -0.05) is 24.0 Å². The zero-order valence-electron chi connectivity index (χ0n) is 22.9. The SMILES string of the molecule is C[C@@H](C(=O)NCCCC#Cc1cnc(Nc2cccc(F)c2)nc1NCCCF)N(C)C(=O)C=CCN(C)C. The number of carbonyl (C=O) groups is 2. The Morgan fingerprint density at radius 2 is 1.97 bits per heavy atom. The summed E-state index contributed by atoms with van der Waals surface area (Å²) < 4.78 is 26.1. The molecule has 0 radical (unpaired) electrons. The van der Waals surface area contributed by atoms with Crippen molar-refractivity contribution in [3.8, 4) is 11.8 Å². The lowest BCUT2D eigenvalue weighted by Crippen LogP contribution is -2.45. The van der Waals surface area contributed by atoms with Crippen LogP contribution in [-0.4, -0.2) is 85.1 Å². The van der Waals surface area contributed by atoms with Gasteiger partial charge in [0.1, 0.15) is 17.7 Å². The first-order valence-electron chi connectivity index (χ1n) is 12.8. The number of alkyl halides is 1. The largest absolute Gasteiger partial charge is 0.369 e. The van der Waals surface area contributed by atoms with Gasteiger partial charge in [-0.2, -0.15) is 4.98 Å². The molecule has 39 heavy (non-hydrogen) atoms. The van der Waals surface area contributed by atoms with E-state index in [-0.39, 0.29) is 23.6 Å². The number of amides is 2. The quantitative estimate of drug-likeness (QED) is 0.192. The lowest BCUT2D eigenvalue weighted by atomic mass is 10.2. The first-order valence-corrected chi connectivity index (χ1v) is 12.8. The molecule has 0 aliphatic rings. The smallest absolute Gasteiger partial charge is 0.246 e. The van der Waals surface area contributed by atoms with Crippen molar-refractivity contribution in [3.05, 3.63) is 54.0 Å². The molecule has 1 atom stereocenters. The number of unbranched alkanes of at least 4 members (excludes halogenated alkanes) is 1. The van der Waals surface area contributed by atoms with E-state index >= 15 is 0 Å². The van der Waals surface area contributed by atoms with E-state index in [1.165, 1.54) is 23.1 Å². The molecule has 0 aliphatic heterocycles. The summed E-state index contributed by atoms with van der Waals surface area (Å²) in [6, 6.07) is 5.32. The number of rotatable bonds is 14. The second-order valence-electron chi connectivity index (χ2n) is 9.05. The Kier molecular flexibility index (Phi) is 13.4.